The third kappa shape index (κ3) is 1.90. The number of rotatable bonds is 2. The molecule has 13 heavy (non-hydrogen) atoms. The molecule has 0 spiro atoms. The quantitative estimate of drug-likeness (QED) is 0.601. The van der Waals surface area contributed by atoms with Gasteiger partial charge in [-0.1, -0.05) is 20.8 Å². The van der Waals surface area contributed by atoms with Gasteiger partial charge in [-0.3, -0.25) is 4.79 Å². The zero-order valence-electron chi connectivity index (χ0n) is 8.49. The SMILES string of the molecule is CC(C)C(=O)N1CCC(C)C1C=O. The summed E-state index contributed by atoms with van der Waals surface area (Å²) >= 11 is 0. The van der Waals surface area contributed by atoms with Crippen LogP contribution in [0.25, 0.3) is 0 Å². The lowest BCUT2D eigenvalue weighted by Gasteiger charge is -2.23. The molecule has 0 aromatic heterocycles. The van der Waals surface area contributed by atoms with Crippen LogP contribution >= 0.6 is 0 Å². The van der Waals surface area contributed by atoms with Gasteiger partial charge in [0.05, 0.1) is 6.04 Å². The van der Waals surface area contributed by atoms with Gasteiger partial charge in [0.15, 0.2) is 0 Å². The Bertz CT molecular complexity index is 213. The largest absolute Gasteiger partial charge is 0.332 e. The molecular formula is C10H17NO2. The van der Waals surface area contributed by atoms with Crippen molar-refractivity contribution in [1.82, 2.24) is 4.90 Å². The molecule has 3 heteroatoms. The number of hydrogen-bond donors (Lipinski definition) is 0. The van der Waals surface area contributed by atoms with Crippen LogP contribution in [0.5, 0.6) is 0 Å². The minimum absolute atomic E-state index is 0.00671. The molecule has 0 aromatic rings. The number of amides is 1. The highest BCUT2D eigenvalue weighted by Gasteiger charge is 2.34. The van der Waals surface area contributed by atoms with E-state index in [9.17, 15) is 9.59 Å². The summed E-state index contributed by atoms with van der Waals surface area (Å²) in [5, 5.41) is 0. The van der Waals surface area contributed by atoms with E-state index in [1.165, 1.54) is 0 Å². The van der Waals surface area contributed by atoms with Crippen molar-refractivity contribution in [1.29, 1.82) is 0 Å². The molecule has 1 aliphatic rings. The van der Waals surface area contributed by atoms with E-state index >= 15 is 0 Å². The zero-order chi connectivity index (χ0) is 10.0. The van der Waals surface area contributed by atoms with Crippen molar-refractivity contribution in [2.45, 2.75) is 33.2 Å². The maximum Gasteiger partial charge on any atom is 0.225 e. The van der Waals surface area contributed by atoms with Crippen molar-refractivity contribution in [3.63, 3.8) is 0 Å². The van der Waals surface area contributed by atoms with Crippen LogP contribution in [0.4, 0.5) is 0 Å². The summed E-state index contributed by atoms with van der Waals surface area (Å²) in [6, 6.07) is -0.185. The van der Waals surface area contributed by atoms with Crippen molar-refractivity contribution >= 4 is 12.2 Å². The molecule has 0 radical (unpaired) electrons. The zero-order valence-corrected chi connectivity index (χ0v) is 8.49. The van der Waals surface area contributed by atoms with Crippen LogP contribution in [-0.2, 0) is 9.59 Å². The van der Waals surface area contributed by atoms with E-state index in [0.29, 0.717) is 5.92 Å². The summed E-state index contributed by atoms with van der Waals surface area (Å²) in [6.07, 6.45) is 1.85. The summed E-state index contributed by atoms with van der Waals surface area (Å²) in [4.78, 5) is 24.1. The minimum Gasteiger partial charge on any atom is -0.332 e. The van der Waals surface area contributed by atoms with Crippen molar-refractivity contribution < 1.29 is 9.59 Å². The van der Waals surface area contributed by atoms with Gasteiger partial charge in [-0.05, 0) is 12.3 Å². The van der Waals surface area contributed by atoms with Crippen molar-refractivity contribution in [3.8, 4) is 0 Å². The Morgan fingerprint density at radius 3 is 2.62 bits per heavy atom. The first-order valence-corrected chi connectivity index (χ1v) is 4.83. The molecule has 2 unspecified atom stereocenters. The predicted molar refractivity (Wildman–Crippen MR) is 50.2 cm³/mol. The lowest BCUT2D eigenvalue weighted by molar-refractivity contribution is -0.137. The second-order valence-electron chi connectivity index (χ2n) is 4.08. The van der Waals surface area contributed by atoms with Crippen LogP contribution in [0, 0.1) is 11.8 Å². The fourth-order valence-electron chi connectivity index (χ4n) is 1.77. The molecule has 0 aromatic carbocycles. The number of carbonyl (C=O) groups excluding carboxylic acids is 2. The summed E-state index contributed by atoms with van der Waals surface area (Å²) in [7, 11) is 0. The summed E-state index contributed by atoms with van der Waals surface area (Å²) in [5.74, 6) is 0.411. The van der Waals surface area contributed by atoms with Gasteiger partial charge >= 0.3 is 0 Å². The Morgan fingerprint density at radius 2 is 2.15 bits per heavy atom. The van der Waals surface area contributed by atoms with E-state index in [-0.39, 0.29) is 17.9 Å². The van der Waals surface area contributed by atoms with Crippen LogP contribution in [0.2, 0.25) is 0 Å². The smallest absolute Gasteiger partial charge is 0.225 e. The van der Waals surface area contributed by atoms with Crippen molar-refractivity contribution in [2.75, 3.05) is 6.54 Å². The van der Waals surface area contributed by atoms with E-state index in [1.807, 2.05) is 20.8 Å². The lowest BCUT2D eigenvalue weighted by atomic mass is 10.0. The predicted octanol–water partition coefficient (Wildman–Crippen LogP) is 1.08. The van der Waals surface area contributed by atoms with Crippen LogP contribution in [0.15, 0.2) is 0 Å². The Labute approximate surface area is 79.1 Å². The van der Waals surface area contributed by atoms with E-state index in [1.54, 1.807) is 4.90 Å². The molecule has 0 N–H and O–H groups in total. The van der Waals surface area contributed by atoms with Gasteiger partial charge in [0.2, 0.25) is 5.91 Å². The summed E-state index contributed by atoms with van der Waals surface area (Å²) < 4.78 is 0. The fourth-order valence-corrected chi connectivity index (χ4v) is 1.77. The molecule has 1 rings (SSSR count). The fraction of sp³-hybridized carbons (Fsp3) is 0.800. The molecule has 2 atom stereocenters. The highest BCUT2D eigenvalue weighted by atomic mass is 16.2. The third-order valence-electron chi connectivity index (χ3n) is 2.68. The Kier molecular flexibility index (Phi) is 3.07. The molecular weight excluding hydrogens is 166 g/mol. The maximum absolute atomic E-state index is 11.6. The number of hydrogen-bond acceptors (Lipinski definition) is 2. The van der Waals surface area contributed by atoms with Crippen LogP contribution in [-0.4, -0.2) is 29.7 Å². The topological polar surface area (TPSA) is 37.4 Å². The summed E-state index contributed by atoms with van der Waals surface area (Å²) in [6.45, 7) is 6.49. The average molecular weight is 183 g/mol. The van der Waals surface area contributed by atoms with Gasteiger partial charge in [0.25, 0.3) is 0 Å². The number of aldehydes is 1. The standard InChI is InChI=1S/C10H17NO2/c1-7(2)10(13)11-5-4-8(3)9(11)6-12/h6-9H,4-5H2,1-3H3. The number of carbonyl (C=O) groups is 2. The van der Waals surface area contributed by atoms with Gasteiger partial charge < -0.3 is 9.69 Å². The average Bonchev–Trinajstić information content (AvgIpc) is 2.45. The third-order valence-corrected chi connectivity index (χ3v) is 2.68. The van der Waals surface area contributed by atoms with Crippen LogP contribution in [0.1, 0.15) is 27.2 Å². The normalized spacial score (nSPS) is 28.2. The highest BCUT2D eigenvalue weighted by Crippen LogP contribution is 2.23. The molecule has 0 bridgehead atoms. The monoisotopic (exact) mass is 183 g/mol. The van der Waals surface area contributed by atoms with Gasteiger partial charge in [-0.15, -0.1) is 0 Å². The Hall–Kier alpha value is -0.860. The lowest BCUT2D eigenvalue weighted by Crippen LogP contribution is -2.40. The van der Waals surface area contributed by atoms with Gasteiger partial charge in [-0.2, -0.15) is 0 Å². The van der Waals surface area contributed by atoms with Gasteiger partial charge in [0, 0.05) is 12.5 Å². The van der Waals surface area contributed by atoms with Gasteiger partial charge in [0.1, 0.15) is 6.29 Å². The van der Waals surface area contributed by atoms with E-state index in [2.05, 4.69) is 0 Å². The molecule has 1 amide bonds. The van der Waals surface area contributed by atoms with E-state index in [4.69, 9.17) is 0 Å². The highest BCUT2D eigenvalue weighted by molar-refractivity contribution is 5.82. The number of nitrogens with zero attached hydrogens (tertiary/aromatic N) is 1. The summed E-state index contributed by atoms with van der Waals surface area (Å²) in [5.41, 5.74) is 0. The van der Waals surface area contributed by atoms with E-state index in [0.717, 1.165) is 19.3 Å². The van der Waals surface area contributed by atoms with Gasteiger partial charge in [-0.25, -0.2) is 0 Å². The van der Waals surface area contributed by atoms with E-state index < -0.39 is 0 Å². The molecule has 1 heterocycles. The maximum atomic E-state index is 11.6. The number of likely N-dealkylation sites (tertiary alicyclic amines) is 1. The second-order valence-corrected chi connectivity index (χ2v) is 4.08. The molecule has 0 saturated carbocycles. The van der Waals surface area contributed by atoms with Crippen LogP contribution < -0.4 is 0 Å². The van der Waals surface area contributed by atoms with Crippen molar-refractivity contribution in [3.05, 3.63) is 0 Å². The Balaban J connectivity index is 2.70. The first kappa shape index (κ1) is 10.2. The van der Waals surface area contributed by atoms with Crippen molar-refractivity contribution in [2.24, 2.45) is 11.8 Å². The molecule has 1 fully saturated rings. The molecule has 3 nitrogen and oxygen atoms in total. The minimum atomic E-state index is -0.185. The second kappa shape index (κ2) is 3.90. The Morgan fingerprint density at radius 1 is 1.54 bits per heavy atom. The first-order chi connectivity index (χ1) is 6.07. The molecule has 1 saturated heterocycles. The first-order valence-electron chi connectivity index (χ1n) is 4.83. The molecule has 74 valence electrons. The van der Waals surface area contributed by atoms with Crippen LogP contribution in [0.3, 0.4) is 0 Å². The molecule has 0 aliphatic carbocycles. The molecule has 1 aliphatic heterocycles.